The van der Waals surface area contributed by atoms with E-state index in [4.69, 9.17) is 15.2 Å². The second-order valence-corrected chi connectivity index (χ2v) is 5.28. The summed E-state index contributed by atoms with van der Waals surface area (Å²) >= 11 is 0. The number of ether oxygens (including phenoxy) is 2. The molecule has 0 aromatic heterocycles. The van der Waals surface area contributed by atoms with Crippen LogP contribution in [0.2, 0.25) is 0 Å². The quantitative estimate of drug-likeness (QED) is 0.739. The van der Waals surface area contributed by atoms with Crippen molar-refractivity contribution in [2.75, 3.05) is 42.6 Å². The van der Waals surface area contributed by atoms with Crippen LogP contribution in [0.1, 0.15) is 0 Å². The van der Waals surface area contributed by atoms with Crippen LogP contribution in [-0.4, -0.2) is 51.2 Å². The number of amides is 2. The molecule has 3 rings (SSSR count). The fourth-order valence-corrected chi connectivity index (χ4v) is 2.68. The van der Waals surface area contributed by atoms with Crippen molar-refractivity contribution in [2.45, 2.75) is 5.85 Å². The normalized spacial score (nSPS) is 24.0. The smallest absolute Gasteiger partial charge is 0.406 e. The van der Waals surface area contributed by atoms with Gasteiger partial charge in [0, 0.05) is 19.2 Å². The first kappa shape index (κ1) is 15.5. The third kappa shape index (κ3) is 2.80. The van der Waals surface area contributed by atoms with Gasteiger partial charge in [-0.25, -0.2) is 14.1 Å². The number of nitrogens with zero attached hydrogens (tertiary/aromatic N) is 2. The van der Waals surface area contributed by atoms with E-state index in [1.54, 1.807) is 12.1 Å². The summed E-state index contributed by atoms with van der Waals surface area (Å²) in [6.45, 7) is 2.19. The van der Waals surface area contributed by atoms with E-state index < -0.39 is 17.8 Å². The Morgan fingerprint density at radius 2 is 2.13 bits per heavy atom. The van der Waals surface area contributed by atoms with E-state index in [1.807, 2.05) is 4.90 Å². The molecule has 2 saturated heterocycles. The predicted molar refractivity (Wildman–Crippen MR) is 79.4 cm³/mol. The zero-order chi connectivity index (χ0) is 16.4. The van der Waals surface area contributed by atoms with Crippen molar-refractivity contribution >= 4 is 23.9 Å². The molecule has 1 aromatic carbocycles. The Kier molecular flexibility index (Phi) is 4.05. The molecule has 23 heavy (non-hydrogen) atoms. The molecule has 1 atom stereocenters. The zero-order valence-corrected chi connectivity index (χ0v) is 12.3. The van der Waals surface area contributed by atoms with Crippen LogP contribution in [0.3, 0.4) is 0 Å². The molecule has 0 saturated carbocycles. The second-order valence-electron chi connectivity index (χ2n) is 5.28. The predicted octanol–water partition coefficient (Wildman–Crippen LogP) is -0.0226. The van der Waals surface area contributed by atoms with Gasteiger partial charge in [0.25, 0.3) is 5.85 Å². The number of carbonyl (C=O) groups excluding carboxylic acids is 2. The summed E-state index contributed by atoms with van der Waals surface area (Å²) in [6.07, 6.45) is -0.250. The van der Waals surface area contributed by atoms with Gasteiger partial charge >= 0.3 is 6.09 Å². The van der Waals surface area contributed by atoms with Gasteiger partial charge in [-0.05, 0) is 12.1 Å². The summed E-state index contributed by atoms with van der Waals surface area (Å²) in [5, 5.41) is 2.35. The van der Waals surface area contributed by atoms with Crippen LogP contribution < -0.4 is 20.9 Å². The molecule has 2 heterocycles. The van der Waals surface area contributed by atoms with E-state index in [2.05, 4.69) is 5.32 Å². The molecular formula is C14H17FN4O4. The highest BCUT2D eigenvalue weighted by Gasteiger charge is 2.52. The maximum Gasteiger partial charge on any atom is 0.421 e. The molecule has 2 aliphatic rings. The number of cyclic esters (lactones) is 1. The van der Waals surface area contributed by atoms with Crippen molar-refractivity contribution in [3.8, 4) is 0 Å². The number of halogens is 1. The Labute approximate surface area is 131 Å². The number of carbonyl (C=O) groups is 2. The van der Waals surface area contributed by atoms with E-state index in [-0.39, 0.29) is 12.2 Å². The lowest BCUT2D eigenvalue weighted by atomic mass is 10.2. The van der Waals surface area contributed by atoms with Crippen molar-refractivity contribution < 1.29 is 23.5 Å². The van der Waals surface area contributed by atoms with Gasteiger partial charge in [-0.1, -0.05) is 0 Å². The number of benzene rings is 1. The van der Waals surface area contributed by atoms with Crippen LogP contribution >= 0.6 is 0 Å². The molecular weight excluding hydrogens is 307 g/mol. The fourth-order valence-electron chi connectivity index (χ4n) is 2.68. The van der Waals surface area contributed by atoms with Gasteiger partial charge in [0.2, 0.25) is 6.41 Å². The third-order valence-electron chi connectivity index (χ3n) is 3.81. The number of rotatable bonds is 5. The van der Waals surface area contributed by atoms with Gasteiger partial charge in [-0.3, -0.25) is 10.5 Å². The van der Waals surface area contributed by atoms with E-state index in [1.165, 1.54) is 6.07 Å². The third-order valence-corrected chi connectivity index (χ3v) is 3.81. The molecule has 0 spiro atoms. The van der Waals surface area contributed by atoms with E-state index in [0.29, 0.717) is 38.4 Å². The summed E-state index contributed by atoms with van der Waals surface area (Å²) < 4.78 is 24.5. The van der Waals surface area contributed by atoms with Gasteiger partial charge in [-0.15, -0.1) is 0 Å². The number of hydrogen-bond acceptors (Lipinski definition) is 6. The lowest BCUT2D eigenvalue weighted by Gasteiger charge is -2.47. The SMILES string of the molecule is N[C@@]1(CNC=O)OC(=O)N1c1ccc(N2CCOCC2)c(F)c1. The molecule has 124 valence electrons. The number of morpholine rings is 1. The highest BCUT2D eigenvalue weighted by atomic mass is 19.1. The average Bonchev–Trinajstić information content (AvgIpc) is 2.53. The number of hydrogen-bond donors (Lipinski definition) is 2. The minimum atomic E-state index is -1.51. The Morgan fingerprint density at radius 1 is 1.39 bits per heavy atom. The lowest BCUT2D eigenvalue weighted by molar-refractivity contribution is -0.111. The molecule has 3 N–H and O–H groups in total. The summed E-state index contributed by atoms with van der Waals surface area (Å²) in [5.74, 6) is -1.97. The Balaban J connectivity index is 1.81. The molecule has 9 heteroatoms. The first-order valence-corrected chi connectivity index (χ1v) is 7.16. The topological polar surface area (TPSA) is 97.1 Å². The number of anilines is 2. The lowest BCUT2D eigenvalue weighted by Crippen LogP contribution is -2.75. The molecule has 0 bridgehead atoms. The summed E-state index contributed by atoms with van der Waals surface area (Å²) in [4.78, 5) is 25.0. The van der Waals surface area contributed by atoms with Crippen molar-refractivity contribution in [3.63, 3.8) is 0 Å². The van der Waals surface area contributed by atoms with Gasteiger partial charge in [-0.2, -0.15) is 0 Å². The van der Waals surface area contributed by atoms with Crippen molar-refractivity contribution in [2.24, 2.45) is 5.73 Å². The zero-order valence-electron chi connectivity index (χ0n) is 12.3. The maximum absolute atomic E-state index is 14.4. The summed E-state index contributed by atoms with van der Waals surface area (Å²) in [6, 6.07) is 4.42. The highest BCUT2D eigenvalue weighted by molar-refractivity contribution is 5.95. The van der Waals surface area contributed by atoms with Crippen LogP contribution in [0.5, 0.6) is 0 Å². The minimum Gasteiger partial charge on any atom is -0.406 e. The molecule has 0 aliphatic carbocycles. The van der Waals surface area contributed by atoms with Crippen LogP contribution in [0, 0.1) is 5.82 Å². The van der Waals surface area contributed by atoms with Crippen molar-refractivity contribution in [1.82, 2.24) is 5.32 Å². The molecule has 2 amide bonds. The maximum atomic E-state index is 14.4. The van der Waals surface area contributed by atoms with Gasteiger partial charge in [0.1, 0.15) is 5.82 Å². The first-order chi connectivity index (χ1) is 11.0. The largest absolute Gasteiger partial charge is 0.421 e. The summed E-state index contributed by atoms with van der Waals surface area (Å²) in [7, 11) is 0. The first-order valence-electron chi connectivity index (χ1n) is 7.16. The molecule has 0 radical (unpaired) electrons. The molecule has 2 aliphatic heterocycles. The van der Waals surface area contributed by atoms with Crippen LogP contribution in [0.25, 0.3) is 0 Å². The fraction of sp³-hybridized carbons (Fsp3) is 0.429. The van der Waals surface area contributed by atoms with Crippen molar-refractivity contribution in [1.29, 1.82) is 0 Å². The monoisotopic (exact) mass is 324 g/mol. The Hall–Kier alpha value is -2.39. The molecule has 8 nitrogen and oxygen atoms in total. The second kappa shape index (κ2) is 6.01. The van der Waals surface area contributed by atoms with Gasteiger partial charge < -0.3 is 19.7 Å². The Morgan fingerprint density at radius 3 is 2.74 bits per heavy atom. The highest BCUT2D eigenvalue weighted by Crippen LogP contribution is 2.34. The number of nitrogens with one attached hydrogen (secondary N) is 1. The average molecular weight is 324 g/mol. The molecule has 1 aromatic rings. The number of nitrogens with two attached hydrogens (primary N) is 1. The Bertz CT molecular complexity index is 623. The van der Waals surface area contributed by atoms with E-state index in [9.17, 15) is 14.0 Å². The van der Waals surface area contributed by atoms with Crippen LogP contribution in [0.4, 0.5) is 20.6 Å². The minimum absolute atomic E-state index is 0.102. The molecule has 0 unspecified atom stereocenters. The van der Waals surface area contributed by atoms with Gasteiger partial charge in [0.15, 0.2) is 0 Å². The van der Waals surface area contributed by atoms with Gasteiger partial charge in [0.05, 0.1) is 31.1 Å². The van der Waals surface area contributed by atoms with E-state index in [0.717, 1.165) is 4.90 Å². The van der Waals surface area contributed by atoms with Crippen LogP contribution in [0.15, 0.2) is 18.2 Å². The van der Waals surface area contributed by atoms with Crippen LogP contribution in [-0.2, 0) is 14.3 Å². The van der Waals surface area contributed by atoms with Crippen molar-refractivity contribution in [3.05, 3.63) is 24.0 Å². The van der Waals surface area contributed by atoms with E-state index >= 15 is 0 Å². The summed E-state index contributed by atoms with van der Waals surface area (Å²) in [5.41, 5.74) is 6.61. The molecule has 2 fully saturated rings. The standard InChI is InChI=1S/C14H17FN4O4/c15-11-7-10(1-2-12(11)18-3-5-22-6-4-18)19-13(21)23-14(19,16)8-17-9-20/h1-2,7,9H,3-6,8,16H2,(H,17,20)/t14-/m1/s1.